The number of rotatable bonds is 3. The fourth-order valence-corrected chi connectivity index (χ4v) is 3.66. The van der Waals surface area contributed by atoms with Crippen LogP contribution in [0.2, 0.25) is 0 Å². The summed E-state index contributed by atoms with van der Waals surface area (Å²) >= 11 is 0. The zero-order valence-corrected chi connectivity index (χ0v) is 18.2. The van der Waals surface area contributed by atoms with Crippen LogP contribution >= 0.6 is 0 Å². The molecule has 3 aliphatic heterocycles. The Kier molecular flexibility index (Phi) is 4.34. The van der Waals surface area contributed by atoms with Gasteiger partial charge in [0.1, 0.15) is 6.21 Å². The van der Waals surface area contributed by atoms with Gasteiger partial charge < -0.3 is 15.4 Å². The molecule has 0 bridgehead atoms. The molecule has 0 spiro atoms. The minimum Gasteiger partial charge on any atom is -0.474 e. The summed E-state index contributed by atoms with van der Waals surface area (Å²) in [5, 5.41) is 10.8. The number of fused-ring (bicyclic) bond motifs is 2. The van der Waals surface area contributed by atoms with Gasteiger partial charge in [0, 0.05) is 5.69 Å². The van der Waals surface area contributed by atoms with Crippen LogP contribution in [0.4, 0.5) is 17.3 Å². The zero-order valence-electron chi connectivity index (χ0n) is 18.2. The molecule has 5 rings (SSSR count). The first-order valence-corrected chi connectivity index (χ1v) is 10.2. The third-order valence-electron chi connectivity index (χ3n) is 5.15. The van der Waals surface area contributed by atoms with Gasteiger partial charge in [0.15, 0.2) is 29.2 Å². The van der Waals surface area contributed by atoms with E-state index in [4.69, 9.17) is 9.84 Å². The minimum atomic E-state index is -0.953. The lowest BCUT2D eigenvalue weighted by molar-refractivity contribution is -0.766. The van der Waals surface area contributed by atoms with E-state index < -0.39 is 5.60 Å². The van der Waals surface area contributed by atoms with E-state index >= 15 is 0 Å². The predicted molar refractivity (Wildman–Crippen MR) is 123 cm³/mol. The molecule has 0 aliphatic carbocycles. The summed E-state index contributed by atoms with van der Waals surface area (Å²) in [5.74, 6) is 2.09. The Labute approximate surface area is 185 Å². The van der Waals surface area contributed by atoms with Crippen molar-refractivity contribution in [3.63, 3.8) is 0 Å². The number of amidine groups is 1. The molecular formula is C22H23N8O2+. The molecule has 10 heteroatoms. The van der Waals surface area contributed by atoms with E-state index in [2.05, 4.69) is 37.1 Å². The van der Waals surface area contributed by atoms with Gasteiger partial charge in [-0.1, -0.05) is 6.07 Å². The molecule has 1 atom stereocenters. The second kappa shape index (κ2) is 6.99. The summed E-state index contributed by atoms with van der Waals surface area (Å²) in [7, 11) is 0. The molecule has 0 fully saturated rings. The highest BCUT2D eigenvalue weighted by Gasteiger charge is 2.42. The molecule has 32 heavy (non-hydrogen) atoms. The molecule has 0 saturated heterocycles. The number of hydrogen-bond acceptors (Lipinski definition) is 8. The van der Waals surface area contributed by atoms with Crippen LogP contribution in [0.5, 0.6) is 5.75 Å². The normalized spacial score (nSPS) is 22.2. The minimum absolute atomic E-state index is 0.150. The van der Waals surface area contributed by atoms with Gasteiger partial charge in [0.2, 0.25) is 0 Å². The predicted octanol–water partition coefficient (Wildman–Crippen LogP) is 3.30. The van der Waals surface area contributed by atoms with Crippen LogP contribution in [0, 0.1) is 13.8 Å². The standard InChI is InChI=1S/C22H22N8O2/c1-13-9-14(2)11-15(10-13)24-21-26-18-12-23-7-8-30(18,29-21)28-17-6-5-16-19(25-17)27-20(31)22(3,4)32-16/h5-12H,1-4H3,(H2-,24,25,27,28,29,31)/p+1. The highest BCUT2D eigenvalue weighted by molar-refractivity contribution is 6.31. The number of carbonyl (C=O) groups excluding carboxylic acids is 1. The monoisotopic (exact) mass is 431 g/mol. The number of nitrogens with zero attached hydrogens (tertiary/aromatic N) is 5. The van der Waals surface area contributed by atoms with Crippen LogP contribution in [0.25, 0.3) is 0 Å². The number of benzene rings is 1. The SMILES string of the molecule is Cc1cc(C)cc(NC2=N[N+]3(Nc4ccc5c(n4)NC(=O)C(C)(C)O5)C=CN=CC3=N2)c1. The number of amides is 1. The maximum atomic E-state index is 12.2. The first kappa shape index (κ1) is 19.9. The van der Waals surface area contributed by atoms with Crippen molar-refractivity contribution >= 4 is 41.2 Å². The third kappa shape index (κ3) is 3.50. The molecule has 0 saturated carbocycles. The van der Waals surface area contributed by atoms with E-state index in [1.165, 1.54) is 0 Å². The zero-order chi connectivity index (χ0) is 22.5. The van der Waals surface area contributed by atoms with E-state index in [-0.39, 0.29) is 10.6 Å². The molecular weight excluding hydrogens is 408 g/mol. The van der Waals surface area contributed by atoms with Gasteiger partial charge >= 0.3 is 5.84 Å². The third-order valence-corrected chi connectivity index (χ3v) is 5.15. The Morgan fingerprint density at radius 3 is 2.69 bits per heavy atom. The van der Waals surface area contributed by atoms with Crippen molar-refractivity contribution in [2.75, 3.05) is 16.1 Å². The summed E-state index contributed by atoms with van der Waals surface area (Å²) in [6, 6.07) is 9.69. The lowest BCUT2D eigenvalue weighted by Crippen LogP contribution is -2.48. The van der Waals surface area contributed by atoms with Crippen molar-refractivity contribution in [2.24, 2.45) is 15.1 Å². The van der Waals surface area contributed by atoms with E-state index in [9.17, 15) is 4.79 Å². The van der Waals surface area contributed by atoms with Crippen LogP contribution < -0.4 is 20.8 Å². The maximum Gasteiger partial charge on any atom is 0.307 e. The molecule has 10 nitrogen and oxygen atoms in total. The molecule has 162 valence electrons. The number of pyridine rings is 1. The van der Waals surface area contributed by atoms with Crippen molar-refractivity contribution in [3.05, 3.63) is 53.9 Å². The Bertz CT molecular complexity index is 1240. The van der Waals surface area contributed by atoms with Crippen LogP contribution in [0.15, 0.2) is 57.8 Å². The van der Waals surface area contributed by atoms with Gasteiger partial charge in [-0.25, -0.2) is 4.98 Å². The molecule has 1 amide bonds. The summed E-state index contributed by atoms with van der Waals surface area (Å²) in [5.41, 5.74) is 5.50. The largest absolute Gasteiger partial charge is 0.474 e. The van der Waals surface area contributed by atoms with E-state index in [0.717, 1.165) is 16.8 Å². The van der Waals surface area contributed by atoms with Gasteiger partial charge in [-0.2, -0.15) is 5.43 Å². The van der Waals surface area contributed by atoms with Crippen LogP contribution in [-0.2, 0) is 4.79 Å². The number of aryl methyl sites for hydroxylation is 2. The Morgan fingerprint density at radius 1 is 1.12 bits per heavy atom. The number of quaternary nitrogens is 1. The van der Waals surface area contributed by atoms with Crippen LogP contribution in [0.3, 0.4) is 0 Å². The van der Waals surface area contributed by atoms with Crippen molar-refractivity contribution < 1.29 is 14.2 Å². The molecule has 3 N–H and O–H groups in total. The molecule has 1 aromatic heterocycles. The van der Waals surface area contributed by atoms with Gasteiger partial charge in [0.25, 0.3) is 11.9 Å². The number of anilines is 3. The van der Waals surface area contributed by atoms with Gasteiger partial charge in [-0.3, -0.25) is 9.79 Å². The van der Waals surface area contributed by atoms with Crippen molar-refractivity contribution in [2.45, 2.75) is 33.3 Å². The fourth-order valence-electron chi connectivity index (χ4n) is 3.66. The number of guanidine groups is 1. The maximum absolute atomic E-state index is 12.2. The summed E-state index contributed by atoms with van der Waals surface area (Å²) in [6.45, 7) is 7.50. The Hall–Kier alpha value is -4.05. The second-order valence-corrected chi connectivity index (χ2v) is 8.38. The van der Waals surface area contributed by atoms with Crippen molar-refractivity contribution in [1.29, 1.82) is 0 Å². The first-order valence-electron chi connectivity index (χ1n) is 10.2. The molecule has 2 aromatic rings. The number of carbonyl (C=O) groups is 1. The van der Waals surface area contributed by atoms with Crippen molar-refractivity contribution in [1.82, 2.24) is 4.98 Å². The quantitative estimate of drug-likeness (QED) is 0.646. The van der Waals surface area contributed by atoms with Crippen molar-refractivity contribution in [3.8, 4) is 5.75 Å². The summed E-state index contributed by atoms with van der Waals surface area (Å²) in [4.78, 5) is 25.5. The molecule has 1 aromatic carbocycles. The Balaban J connectivity index is 1.44. The fraction of sp³-hybridized carbons (Fsp3) is 0.227. The molecule has 4 heterocycles. The van der Waals surface area contributed by atoms with Crippen LogP contribution in [-0.4, -0.2) is 39.2 Å². The van der Waals surface area contributed by atoms with E-state index in [1.54, 1.807) is 44.6 Å². The smallest absolute Gasteiger partial charge is 0.307 e. The number of aromatic nitrogens is 1. The number of nitrogens with one attached hydrogen (secondary N) is 3. The van der Waals surface area contributed by atoms with Gasteiger partial charge in [-0.05, 0) is 72.9 Å². The summed E-state index contributed by atoms with van der Waals surface area (Å²) < 4.78 is 5.61. The summed E-state index contributed by atoms with van der Waals surface area (Å²) in [6.07, 6.45) is 5.04. The topological polar surface area (TPSA) is 112 Å². The number of aliphatic imine (C=N–C) groups is 2. The molecule has 3 aliphatic rings. The van der Waals surface area contributed by atoms with Crippen LogP contribution in [0.1, 0.15) is 25.0 Å². The van der Waals surface area contributed by atoms with E-state index in [1.807, 2.05) is 26.0 Å². The number of hydrogen-bond donors (Lipinski definition) is 3. The highest BCUT2D eigenvalue weighted by atomic mass is 16.5. The van der Waals surface area contributed by atoms with Gasteiger partial charge in [0.05, 0.1) is 6.20 Å². The average Bonchev–Trinajstić information content (AvgIpc) is 3.05. The Morgan fingerprint density at radius 2 is 1.91 bits per heavy atom. The van der Waals surface area contributed by atoms with Gasteiger partial charge in [-0.15, -0.1) is 4.99 Å². The lowest BCUT2D eigenvalue weighted by atomic mass is 10.1. The highest BCUT2D eigenvalue weighted by Crippen LogP contribution is 2.34. The first-order chi connectivity index (χ1) is 15.2. The second-order valence-electron chi connectivity index (χ2n) is 8.38. The average molecular weight is 431 g/mol. The van der Waals surface area contributed by atoms with E-state index in [0.29, 0.717) is 29.2 Å². The molecule has 0 radical (unpaired) electrons. The number of ether oxygens (including phenoxy) is 1. The lowest BCUT2D eigenvalue weighted by Gasteiger charge is -2.31. The molecule has 1 unspecified atom stereocenters.